The summed E-state index contributed by atoms with van der Waals surface area (Å²) in [5.41, 5.74) is 4.61. The van der Waals surface area contributed by atoms with Gasteiger partial charge in [0.1, 0.15) is 17.8 Å². The van der Waals surface area contributed by atoms with Crippen LogP contribution in [0.4, 0.5) is 13.2 Å². The van der Waals surface area contributed by atoms with Crippen LogP contribution in [0.1, 0.15) is 54.6 Å². The smallest absolute Gasteiger partial charge is 0.368 e. The fourth-order valence-electron chi connectivity index (χ4n) is 4.54. The molecule has 1 saturated heterocycles. The van der Waals surface area contributed by atoms with E-state index in [1.54, 1.807) is 0 Å². The molecule has 2 fully saturated rings. The average molecular weight is 508 g/mol. The molecule has 1 aliphatic heterocycles. The fourth-order valence-corrected chi connectivity index (χ4v) is 4.54. The largest absolute Gasteiger partial charge is 0.417 e. The van der Waals surface area contributed by atoms with Crippen molar-refractivity contribution in [3.63, 3.8) is 0 Å². The van der Waals surface area contributed by atoms with Crippen molar-refractivity contribution in [1.29, 1.82) is 0 Å². The predicted molar refractivity (Wildman–Crippen MR) is 123 cm³/mol. The SMILES string of the molecule is NC(=O)C(CC1CCCNC1=O)NC(=O)C(CC1CC1)NC(=O)c1cc2c(C(F)(F)F)cccc2[nH]1. The highest BCUT2D eigenvalue weighted by Gasteiger charge is 2.36. The van der Waals surface area contributed by atoms with Crippen LogP contribution in [0, 0.1) is 11.8 Å². The number of alkyl halides is 3. The molecule has 1 aromatic heterocycles. The number of aromatic nitrogens is 1. The van der Waals surface area contributed by atoms with Crippen LogP contribution in [0.2, 0.25) is 0 Å². The van der Waals surface area contributed by atoms with Crippen LogP contribution >= 0.6 is 0 Å². The zero-order chi connectivity index (χ0) is 26.0. The Balaban J connectivity index is 1.48. The molecule has 0 spiro atoms. The Hall–Kier alpha value is -3.57. The highest BCUT2D eigenvalue weighted by Crippen LogP contribution is 2.35. The summed E-state index contributed by atoms with van der Waals surface area (Å²) < 4.78 is 40.0. The van der Waals surface area contributed by atoms with Crippen LogP contribution in [0.15, 0.2) is 24.3 Å². The van der Waals surface area contributed by atoms with E-state index in [4.69, 9.17) is 5.73 Å². The molecule has 1 aliphatic carbocycles. The predicted octanol–water partition coefficient (Wildman–Crippen LogP) is 1.97. The Labute approximate surface area is 204 Å². The lowest BCUT2D eigenvalue weighted by molar-refractivity contribution is -0.136. The lowest BCUT2D eigenvalue weighted by Gasteiger charge is -2.27. The average Bonchev–Trinajstić information content (AvgIpc) is 3.52. The Morgan fingerprint density at radius 3 is 2.47 bits per heavy atom. The molecule has 3 atom stereocenters. The molecule has 2 aromatic rings. The van der Waals surface area contributed by atoms with E-state index < -0.39 is 47.5 Å². The van der Waals surface area contributed by atoms with Crippen LogP contribution in [-0.2, 0) is 20.6 Å². The van der Waals surface area contributed by atoms with Gasteiger partial charge in [-0.2, -0.15) is 13.2 Å². The first-order valence-electron chi connectivity index (χ1n) is 11.9. The minimum atomic E-state index is -4.59. The summed E-state index contributed by atoms with van der Waals surface area (Å²) in [6.45, 7) is 0.552. The fraction of sp³-hybridized carbons (Fsp3) is 0.500. The number of rotatable bonds is 9. The van der Waals surface area contributed by atoms with Crippen molar-refractivity contribution in [2.24, 2.45) is 17.6 Å². The van der Waals surface area contributed by atoms with E-state index in [0.717, 1.165) is 31.4 Å². The quantitative estimate of drug-likeness (QED) is 0.353. The number of hydrogen-bond acceptors (Lipinski definition) is 4. The van der Waals surface area contributed by atoms with Crippen molar-refractivity contribution in [2.75, 3.05) is 6.54 Å². The van der Waals surface area contributed by atoms with Crippen LogP contribution < -0.4 is 21.7 Å². The van der Waals surface area contributed by atoms with Crippen molar-refractivity contribution < 1.29 is 32.3 Å². The molecule has 1 aromatic carbocycles. The van der Waals surface area contributed by atoms with E-state index in [1.165, 1.54) is 12.1 Å². The lowest BCUT2D eigenvalue weighted by Crippen LogP contribution is -2.54. The third-order valence-electron chi connectivity index (χ3n) is 6.68. The number of hydrogen-bond donors (Lipinski definition) is 5. The van der Waals surface area contributed by atoms with Crippen molar-refractivity contribution in [3.05, 3.63) is 35.5 Å². The number of nitrogens with two attached hydrogens (primary N) is 1. The number of primary amides is 1. The maximum Gasteiger partial charge on any atom is 0.417 e. The summed E-state index contributed by atoms with van der Waals surface area (Å²) in [4.78, 5) is 52.8. The first-order chi connectivity index (χ1) is 17.0. The van der Waals surface area contributed by atoms with Gasteiger partial charge in [-0.25, -0.2) is 0 Å². The van der Waals surface area contributed by atoms with Gasteiger partial charge in [0, 0.05) is 23.4 Å². The van der Waals surface area contributed by atoms with Crippen molar-refractivity contribution in [1.82, 2.24) is 20.9 Å². The first kappa shape index (κ1) is 25.5. The van der Waals surface area contributed by atoms with Gasteiger partial charge in [0.2, 0.25) is 17.7 Å². The molecule has 12 heteroatoms. The molecular formula is C24H28F3N5O4. The molecule has 0 radical (unpaired) electrons. The van der Waals surface area contributed by atoms with Gasteiger partial charge in [0.05, 0.1) is 5.56 Å². The second kappa shape index (κ2) is 10.2. The van der Waals surface area contributed by atoms with Crippen LogP contribution in [0.25, 0.3) is 10.9 Å². The van der Waals surface area contributed by atoms with Crippen LogP contribution in [-0.4, -0.2) is 47.2 Å². The Morgan fingerprint density at radius 1 is 1.08 bits per heavy atom. The third-order valence-corrected chi connectivity index (χ3v) is 6.68. The van der Waals surface area contributed by atoms with E-state index in [-0.39, 0.29) is 34.8 Å². The molecule has 6 N–H and O–H groups in total. The number of halogens is 3. The van der Waals surface area contributed by atoms with Gasteiger partial charge in [-0.05, 0) is 49.8 Å². The number of piperidine rings is 1. The maximum atomic E-state index is 13.3. The number of aromatic amines is 1. The monoisotopic (exact) mass is 507 g/mol. The van der Waals surface area contributed by atoms with Crippen LogP contribution in [0.5, 0.6) is 0 Å². The number of H-pyrrole nitrogens is 1. The topological polar surface area (TPSA) is 146 Å². The van der Waals surface area contributed by atoms with Crippen molar-refractivity contribution in [3.8, 4) is 0 Å². The molecule has 4 rings (SSSR count). The van der Waals surface area contributed by atoms with Gasteiger partial charge >= 0.3 is 6.18 Å². The summed E-state index contributed by atoms with van der Waals surface area (Å²) in [6.07, 6.45) is -1.18. The zero-order valence-electron chi connectivity index (χ0n) is 19.4. The zero-order valence-corrected chi connectivity index (χ0v) is 19.4. The van der Waals surface area contributed by atoms with Crippen LogP contribution in [0.3, 0.4) is 0 Å². The molecule has 194 valence electrons. The van der Waals surface area contributed by atoms with Gasteiger partial charge in [-0.15, -0.1) is 0 Å². The van der Waals surface area contributed by atoms with E-state index >= 15 is 0 Å². The minimum Gasteiger partial charge on any atom is -0.368 e. The summed E-state index contributed by atoms with van der Waals surface area (Å²) in [5.74, 6) is -2.65. The maximum absolute atomic E-state index is 13.3. The first-order valence-corrected chi connectivity index (χ1v) is 11.9. The molecule has 4 amide bonds. The molecule has 3 unspecified atom stereocenters. The molecule has 36 heavy (non-hydrogen) atoms. The molecule has 9 nitrogen and oxygen atoms in total. The summed E-state index contributed by atoms with van der Waals surface area (Å²) >= 11 is 0. The number of benzene rings is 1. The van der Waals surface area contributed by atoms with Gasteiger partial charge < -0.3 is 26.7 Å². The Bertz CT molecular complexity index is 1170. The number of carbonyl (C=O) groups is 4. The van der Waals surface area contributed by atoms with E-state index in [0.29, 0.717) is 19.4 Å². The van der Waals surface area contributed by atoms with Crippen molar-refractivity contribution >= 4 is 34.5 Å². The molecule has 2 heterocycles. The summed E-state index contributed by atoms with van der Waals surface area (Å²) in [7, 11) is 0. The second-order valence-electron chi connectivity index (χ2n) is 9.48. The number of amides is 4. The van der Waals surface area contributed by atoms with E-state index in [1.807, 2.05) is 0 Å². The summed E-state index contributed by atoms with van der Waals surface area (Å²) in [5, 5.41) is 7.71. The summed E-state index contributed by atoms with van der Waals surface area (Å²) in [6, 6.07) is 2.57. The number of nitrogens with one attached hydrogen (secondary N) is 4. The number of carbonyl (C=O) groups excluding carboxylic acids is 4. The van der Waals surface area contributed by atoms with Crippen molar-refractivity contribution in [2.45, 2.75) is 56.8 Å². The Morgan fingerprint density at radius 2 is 1.83 bits per heavy atom. The second-order valence-corrected chi connectivity index (χ2v) is 9.48. The van der Waals surface area contributed by atoms with Gasteiger partial charge in [-0.3, -0.25) is 19.2 Å². The van der Waals surface area contributed by atoms with E-state index in [2.05, 4.69) is 20.9 Å². The molecule has 1 saturated carbocycles. The number of fused-ring (bicyclic) bond motifs is 1. The minimum absolute atomic E-state index is 0.0409. The highest BCUT2D eigenvalue weighted by molar-refractivity contribution is 6.01. The molecule has 0 bridgehead atoms. The lowest BCUT2D eigenvalue weighted by atomic mass is 9.91. The molecular weight excluding hydrogens is 479 g/mol. The molecule has 2 aliphatic rings. The standard InChI is InChI=1S/C24H28F3N5O4/c25-24(26,27)15-4-1-5-16-14(15)11-19(30-16)23(36)32-18(9-12-6-7-12)22(35)31-17(20(28)33)10-13-3-2-8-29-21(13)34/h1,4-5,11-13,17-18,30H,2-3,6-10H2,(H2,28,33)(H,29,34)(H,31,35)(H,32,36). The third kappa shape index (κ3) is 5.97. The Kier molecular flexibility index (Phi) is 7.23. The van der Waals surface area contributed by atoms with Gasteiger partial charge in [0.25, 0.3) is 5.91 Å². The van der Waals surface area contributed by atoms with Gasteiger partial charge in [0.15, 0.2) is 0 Å². The highest BCUT2D eigenvalue weighted by atomic mass is 19.4. The normalized spacial score (nSPS) is 19.9. The van der Waals surface area contributed by atoms with E-state index in [9.17, 15) is 32.3 Å². The van der Waals surface area contributed by atoms with Gasteiger partial charge in [-0.1, -0.05) is 18.9 Å².